The number of aryl methyl sites for hydroxylation is 1. The van der Waals surface area contributed by atoms with Gasteiger partial charge in [-0.25, -0.2) is 0 Å². The van der Waals surface area contributed by atoms with Gasteiger partial charge in [-0.05, 0) is 25.0 Å². The zero-order valence-corrected chi connectivity index (χ0v) is 12.9. The van der Waals surface area contributed by atoms with Crippen LogP contribution in [-0.4, -0.2) is 22.8 Å². The molecule has 0 spiro atoms. The summed E-state index contributed by atoms with van der Waals surface area (Å²) in [6, 6.07) is 10.6. The van der Waals surface area contributed by atoms with Gasteiger partial charge < -0.3 is 5.11 Å². The van der Waals surface area contributed by atoms with Gasteiger partial charge in [0.25, 0.3) is 0 Å². The Bertz CT molecular complexity index is 787. The first-order valence-corrected chi connectivity index (χ1v) is 7.43. The summed E-state index contributed by atoms with van der Waals surface area (Å²) in [5.74, 6) is -0.449. The molecule has 3 heteroatoms. The minimum atomic E-state index is -0.591. The Kier molecular flexibility index (Phi) is 3.45. The molecule has 2 unspecified atom stereocenters. The topological polar surface area (TPSA) is 54.4 Å². The van der Waals surface area contributed by atoms with E-state index < -0.39 is 6.10 Å². The van der Waals surface area contributed by atoms with Gasteiger partial charge in [0.2, 0.25) is 0 Å². The Labute approximate surface area is 129 Å². The average Bonchev–Trinajstić information content (AvgIpc) is 2.51. The van der Waals surface area contributed by atoms with Gasteiger partial charge in [0.15, 0.2) is 11.6 Å². The number of fused-ring (bicyclic) bond motifs is 2. The second kappa shape index (κ2) is 5.18. The first-order valence-electron chi connectivity index (χ1n) is 7.43. The molecule has 0 fully saturated rings. The lowest BCUT2D eigenvalue weighted by atomic mass is 9.77. The quantitative estimate of drug-likeness (QED) is 0.789. The maximum Gasteiger partial charge on any atom is 0.194 e. The molecule has 1 N–H and O–H groups in total. The van der Waals surface area contributed by atoms with Gasteiger partial charge in [-0.3, -0.25) is 9.59 Å². The fraction of sp³-hybridized carbons (Fsp3) is 0.263. The van der Waals surface area contributed by atoms with Gasteiger partial charge in [0, 0.05) is 28.2 Å². The molecule has 2 aromatic carbocycles. The zero-order valence-electron chi connectivity index (χ0n) is 12.9. The highest BCUT2D eigenvalue weighted by Gasteiger charge is 2.34. The summed E-state index contributed by atoms with van der Waals surface area (Å²) in [4.78, 5) is 25.7. The van der Waals surface area contributed by atoms with E-state index in [0.717, 1.165) is 11.1 Å². The Balaban J connectivity index is 2.32. The van der Waals surface area contributed by atoms with Gasteiger partial charge in [0.1, 0.15) is 0 Å². The van der Waals surface area contributed by atoms with Crippen LogP contribution in [0, 0.1) is 6.92 Å². The first kappa shape index (κ1) is 14.7. The number of rotatable bonds is 2. The molecule has 1 aliphatic carbocycles. The van der Waals surface area contributed by atoms with Crippen LogP contribution >= 0.6 is 0 Å². The number of benzene rings is 2. The number of hydrogen-bond acceptors (Lipinski definition) is 3. The van der Waals surface area contributed by atoms with Crippen molar-refractivity contribution in [3.05, 3.63) is 69.8 Å². The third kappa shape index (κ3) is 2.01. The van der Waals surface area contributed by atoms with Crippen LogP contribution in [0.3, 0.4) is 0 Å². The second-order valence-corrected chi connectivity index (χ2v) is 5.95. The number of aliphatic hydroxyl groups excluding tert-OH is 1. The Morgan fingerprint density at radius 3 is 1.95 bits per heavy atom. The smallest absolute Gasteiger partial charge is 0.194 e. The van der Waals surface area contributed by atoms with Crippen LogP contribution in [0.4, 0.5) is 0 Å². The molecule has 2 atom stereocenters. The molecule has 0 bridgehead atoms. The zero-order chi connectivity index (χ0) is 16.0. The van der Waals surface area contributed by atoms with E-state index >= 15 is 0 Å². The van der Waals surface area contributed by atoms with Crippen LogP contribution in [0.25, 0.3) is 0 Å². The number of hydrogen-bond donors (Lipinski definition) is 1. The van der Waals surface area contributed by atoms with E-state index in [-0.39, 0.29) is 17.5 Å². The van der Waals surface area contributed by atoms with E-state index in [4.69, 9.17) is 0 Å². The lowest BCUT2D eigenvalue weighted by Crippen LogP contribution is -2.25. The maximum atomic E-state index is 12.9. The summed E-state index contributed by atoms with van der Waals surface area (Å²) >= 11 is 0. The molecule has 1 aliphatic rings. The van der Waals surface area contributed by atoms with Gasteiger partial charge in [-0.15, -0.1) is 0 Å². The van der Waals surface area contributed by atoms with E-state index in [1.807, 2.05) is 26.0 Å². The van der Waals surface area contributed by atoms with Crippen molar-refractivity contribution in [1.82, 2.24) is 0 Å². The molecule has 0 aromatic heterocycles. The van der Waals surface area contributed by atoms with Crippen LogP contribution in [0.15, 0.2) is 36.4 Å². The maximum absolute atomic E-state index is 12.9. The number of carbonyl (C=O) groups excluding carboxylic acids is 2. The van der Waals surface area contributed by atoms with Crippen LogP contribution < -0.4 is 0 Å². The van der Waals surface area contributed by atoms with Crippen molar-refractivity contribution < 1.29 is 14.7 Å². The van der Waals surface area contributed by atoms with E-state index in [1.165, 1.54) is 0 Å². The largest absolute Gasteiger partial charge is 0.393 e. The molecule has 0 saturated carbocycles. The van der Waals surface area contributed by atoms with Gasteiger partial charge >= 0.3 is 0 Å². The highest BCUT2D eigenvalue weighted by Crippen LogP contribution is 2.35. The number of ketones is 2. The predicted octanol–water partition coefficient (Wildman–Crippen LogP) is 3.25. The SMILES string of the molecule is Cc1ccc(C(C)C(C)O)c2c1C(=O)c1ccccc1C2=O. The number of aliphatic hydroxyl groups is 1. The molecule has 0 amide bonds. The van der Waals surface area contributed by atoms with Crippen molar-refractivity contribution in [1.29, 1.82) is 0 Å². The molecular formula is C19H18O3. The molecule has 0 saturated heterocycles. The minimum absolute atomic E-state index is 0.109. The number of carbonyl (C=O) groups is 2. The normalized spacial score (nSPS) is 16.0. The van der Waals surface area contributed by atoms with Gasteiger partial charge in [0.05, 0.1) is 6.10 Å². The first-order chi connectivity index (χ1) is 10.4. The molecule has 2 aromatic rings. The molecule has 3 nitrogen and oxygen atoms in total. The van der Waals surface area contributed by atoms with E-state index in [1.54, 1.807) is 31.2 Å². The van der Waals surface area contributed by atoms with Crippen molar-refractivity contribution in [3.8, 4) is 0 Å². The Morgan fingerprint density at radius 2 is 1.41 bits per heavy atom. The molecule has 22 heavy (non-hydrogen) atoms. The summed E-state index contributed by atoms with van der Waals surface area (Å²) in [6.07, 6.45) is -0.591. The fourth-order valence-corrected chi connectivity index (χ4v) is 3.05. The van der Waals surface area contributed by atoms with E-state index in [2.05, 4.69) is 0 Å². The standard InChI is InChI=1S/C19H18O3/c1-10-8-9-13(11(2)12(3)20)17-16(10)18(21)14-6-4-5-7-15(14)19(17)22/h4-9,11-12,20H,1-3H3. The summed E-state index contributed by atoms with van der Waals surface area (Å²) in [6.45, 7) is 5.41. The summed E-state index contributed by atoms with van der Waals surface area (Å²) in [5.41, 5.74) is 3.38. The monoisotopic (exact) mass is 294 g/mol. The average molecular weight is 294 g/mol. The highest BCUT2D eigenvalue weighted by molar-refractivity contribution is 6.29. The van der Waals surface area contributed by atoms with Crippen molar-refractivity contribution in [2.45, 2.75) is 32.8 Å². The molecule has 0 radical (unpaired) electrons. The third-order valence-electron chi connectivity index (χ3n) is 4.53. The lowest BCUT2D eigenvalue weighted by Gasteiger charge is -2.25. The van der Waals surface area contributed by atoms with Gasteiger partial charge in [-0.2, -0.15) is 0 Å². The summed E-state index contributed by atoms with van der Waals surface area (Å²) in [5, 5.41) is 9.90. The lowest BCUT2D eigenvalue weighted by molar-refractivity contribution is 0.0975. The molecule has 112 valence electrons. The van der Waals surface area contributed by atoms with E-state index in [9.17, 15) is 14.7 Å². The minimum Gasteiger partial charge on any atom is -0.393 e. The molecule has 3 rings (SSSR count). The van der Waals surface area contributed by atoms with Crippen molar-refractivity contribution in [3.63, 3.8) is 0 Å². The molecule has 0 aliphatic heterocycles. The fourth-order valence-electron chi connectivity index (χ4n) is 3.05. The van der Waals surface area contributed by atoms with Crippen LogP contribution in [0.5, 0.6) is 0 Å². The van der Waals surface area contributed by atoms with E-state index in [0.29, 0.717) is 22.3 Å². The Morgan fingerprint density at radius 1 is 0.864 bits per heavy atom. The molecular weight excluding hydrogens is 276 g/mol. The van der Waals surface area contributed by atoms with Gasteiger partial charge in [-0.1, -0.05) is 43.3 Å². The van der Waals surface area contributed by atoms with Crippen molar-refractivity contribution in [2.75, 3.05) is 0 Å². The molecule has 0 heterocycles. The third-order valence-corrected chi connectivity index (χ3v) is 4.53. The van der Waals surface area contributed by atoms with Crippen LogP contribution in [0.1, 0.15) is 62.7 Å². The predicted molar refractivity (Wildman–Crippen MR) is 84.6 cm³/mol. The van der Waals surface area contributed by atoms with Crippen LogP contribution in [-0.2, 0) is 0 Å². The summed E-state index contributed by atoms with van der Waals surface area (Å²) in [7, 11) is 0. The Hall–Kier alpha value is -2.26. The van der Waals surface area contributed by atoms with Crippen molar-refractivity contribution >= 4 is 11.6 Å². The second-order valence-electron chi connectivity index (χ2n) is 5.95. The van der Waals surface area contributed by atoms with Crippen molar-refractivity contribution in [2.24, 2.45) is 0 Å². The van der Waals surface area contributed by atoms with Crippen LogP contribution in [0.2, 0.25) is 0 Å². The summed E-state index contributed by atoms with van der Waals surface area (Å²) < 4.78 is 0. The highest BCUT2D eigenvalue weighted by atomic mass is 16.3.